The summed E-state index contributed by atoms with van der Waals surface area (Å²) in [4.78, 5) is 0. The quantitative estimate of drug-likeness (QED) is 0.794. The van der Waals surface area contributed by atoms with Crippen molar-refractivity contribution >= 4 is 0 Å². The standard InChI is InChI=1S/C12H13F3O2/c13-12(14,15)11(8-4-5-9-16-11)17-10-6-2-1-3-7-10/h1-3,6-7H,4-5,8-9H2. The van der Waals surface area contributed by atoms with Crippen LogP contribution in [0.15, 0.2) is 30.3 Å². The molecule has 0 N–H and O–H groups in total. The number of halogens is 3. The van der Waals surface area contributed by atoms with E-state index in [9.17, 15) is 13.2 Å². The minimum Gasteiger partial charge on any atom is -0.453 e. The Morgan fingerprint density at radius 3 is 2.35 bits per heavy atom. The van der Waals surface area contributed by atoms with Crippen LogP contribution in [0.4, 0.5) is 13.2 Å². The first kappa shape index (κ1) is 12.2. The number of rotatable bonds is 2. The van der Waals surface area contributed by atoms with Crippen LogP contribution in [0.3, 0.4) is 0 Å². The molecule has 0 saturated carbocycles. The Balaban J connectivity index is 2.22. The highest BCUT2D eigenvalue weighted by Crippen LogP contribution is 2.41. The molecule has 1 saturated heterocycles. The smallest absolute Gasteiger partial charge is 0.453 e. The van der Waals surface area contributed by atoms with Gasteiger partial charge >= 0.3 is 12.0 Å². The van der Waals surface area contributed by atoms with Crippen molar-refractivity contribution in [3.05, 3.63) is 30.3 Å². The van der Waals surface area contributed by atoms with Gasteiger partial charge in [0.15, 0.2) is 0 Å². The molecule has 5 heteroatoms. The van der Waals surface area contributed by atoms with E-state index < -0.39 is 12.0 Å². The molecule has 0 amide bonds. The van der Waals surface area contributed by atoms with Crippen LogP contribution in [0, 0.1) is 0 Å². The highest BCUT2D eigenvalue weighted by Gasteiger charge is 2.59. The van der Waals surface area contributed by atoms with Crippen molar-refractivity contribution in [3.8, 4) is 5.75 Å². The number of hydrogen-bond acceptors (Lipinski definition) is 2. The first-order chi connectivity index (χ1) is 8.04. The molecule has 17 heavy (non-hydrogen) atoms. The average Bonchev–Trinajstić information content (AvgIpc) is 2.30. The highest BCUT2D eigenvalue weighted by atomic mass is 19.4. The molecule has 1 atom stereocenters. The van der Waals surface area contributed by atoms with Crippen LogP contribution in [-0.4, -0.2) is 18.6 Å². The van der Waals surface area contributed by atoms with Gasteiger partial charge in [-0.1, -0.05) is 18.2 Å². The second kappa shape index (κ2) is 4.56. The van der Waals surface area contributed by atoms with E-state index in [0.29, 0.717) is 12.8 Å². The molecule has 1 heterocycles. The molecule has 1 fully saturated rings. The van der Waals surface area contributed by atoms with Crippen LogP contribution >= 0.6 is 0 Å². The van der Waals surface area contributed by atoms with Crippen LogP contribution in [0.1, 0.15) is 19.3 Å². The molecule has 1 unspecified atom stereocenters. The van der Waals surface area contributed by atoms with Crippen molar-refractivity contribution in [3.63, 3.8) is 0 Å². The van der Waals surface area contributed by atoms with E-state index in [-0.39, 0.29) is 18.8 Å². The van der Waals surface area contributed by atoms with Crippen molar-refractivity contribution in [2.75, 3.05) is 6.61 Å². The van der Waals surface area contributed by atoms with Gasteiger partial charge in [-0.05, 0) is 25.0 Å². The molecule has 1 aromatic carbocycles. The number of ether oxygens (including phenoxy) is 2. The number of hydrogen-bond donors (Lipinski definition) is 0. The van der Waals surface area contributed by atoms with Crippen molar-refractivity contribution in [1.29, 1.82) is 0 Å². The molecule has 0 bridgehead atoms. The molecule has 1 aromatic rings. The second-order valence-corrected chi connectivity index (χ2v) is 3.97. The van der Waals surface area contributed by atoms with Gasteiger partial charge in [0.25, 0.3) is 0 Å². The number of alkyl halides is 3. The van der Waals surface area contributed by atoms with E-state index in [0.717, 1.165) is 0 Å². The van der Waals surface area contributed by atoms with Crippen molar-refractivity contribution in [2.24, 2.45) is 0 Å². The van der Waals surface area contributed by atoms with Crippen molar-refractivity contribution in [1.82, 2.24) is 0 Å². The molecule has 2 nitrogen and oxygen atoms in total. The SMILES string of the molecule is FC(F)(F)C1(Oc2ccccc2)CCCCO1. The van der Waals surface area contributed by atoms with Gasteiger partial charge in [-0.3, -0.25) is 0 Å². The fourth-order valence-electron chi connectivity index (χ4n) is 1.81. The topological polar surface area (TPSA) is 18.5 Å². The van der Waals surface area contributed by atoms with E-state index in [1.807, 2.05) is 0 Å². The average molecular weight is 246 g/mol. The summed E-state index contributed by atoms with van der Waals surface area (Å²) >= 11 is 0. The first-order valence-electron chi connectivity index (χ1n) is 5.48. The largest absolute Gasteiger partial charge is 0.455 e. The maximum atomic E-state index is 13.0. The summed E-state index contributed by atoms with van der Waals surface area (Å²) in [6.45, 7) is 0.0757. The molecule has 0 aromatic heterocycles. The fourth-order valence-corrected chi connectivity index (χ4v) is 1.81. The maximum absolute atomic E-state index is 13.0. The van der Waals surface area contributed by atoms with E-state index >= 15 is 0 Å². The Hall–Kier alpha value is -1.23. The summed E-state index contributed by atoms with van der Waals surface area (Å²) in [5.41, 5.74) is 0. The Kier molecular flexibility index (Phi) is 3.28. The van der Waals surface area contributed by atoms with Gasteiger partial charge < -0.3 is 9.47 Å². The van der Waals surface area contributed by atoms with Gasteiger partial charge in [0.2, 0.25) is 0 Å². The number of para-hydroxylation sites is 1. The molecule has 0 aliphatic carbocycles. The lowest BCUT2D eigenvalue weighted by Gasteiger charge is -2.38. The minimum absolute atomic E-state index is 0.0757. The van der Waals surface area contributed by atoms with E-state index in [4.69, 9.17) is 9.47 Å². The van der Waals surface area contributed by atoms with Crippen molar-refractivity contribution < 1.29 is 22.6 Å². The molecular formula is C12H13F3O2. The van der Waals surface area contributed by atoms with Crippen LogP contribution in [0.25, 0.3) is 0 Å². The van der Waals surface area contributed by atoms with Gasteiger partial charge in [-0.25, -0.2) is 0 Å². The van der Waals surface area contributed by atoms with Gasteiger partial charge in [0.05, 0.1) is 6.61 Å². The minimum atomic E-state index is -4.52. The lowest BCUT2D eigenvalue weighted by molar-refractivity contribution is -0.363. The van der Waals surface area contributed by atoms with Gasteiger partial charge in [0.1, 0.15) is 5.75 Å². The van der Waals surface area contributed by atoms with E-state index in [1.54, 1.807) is 18.2 Å². The number of benzene rings is 1. The predicted molar refractivity (Wildman–Crippen MR) is 55.7 cm³/mol. The fraction of sp³-hybridized carbons (Fsp3) is 0.500. The zero-order valence-corrected chi connectivity index (χ0v) is 9.17. The summed E-state index contributed by atoms with van der Waals surface area (Å²) in [5, 5.41) is 0. The van der Waals surface area contributed by atoms with Crippen LogP contribution in [0.2, 0.25) is 0 Å². The molecule has 1 aliphatic heterocycles. The van der Waals surface area contributed by atoms with E-state index in [2.05, 4.69) is 0 Å². The van der Waals surface area contributed by atoms with Crippen LogP contribution < -0.4 is 4.74 Å². The Bertz CT molecular complexity index is 356. The van der Waals surface area contributed by atoms with E-state index in [1.165, 1.54) is 12.1 Å². The summed E-state index contributed by atoms with van der Waals surface area (Å²) in [7, 11) is 0. The molecule has 0 radical (unpaired) electrons. The Morgan fingerprint density at radius 1 is 1.12 bits per heavy atom. The lowest BCUT2D eigenvalue weighted by Crippen LogP contribution is -2.54. The van der Waals surface area contributed by atoms with Gasteiger partial charge in [-0.2, -0.15) is 13.2 Å². The lowest BCUT2D eigenvalue weighted by atomic mass is 10.0. The summed E-state index contributed by atoms with van der Waals surface area (Å²) in [6.07, 6.45) is -3.60. The third-order valence-electron chi connectivity index (χ3n) is 2.69. The zero-order chi connectivity index (χ0) is 12.4. The van der Waals surface area contributed by atoms with Crippen molar-refractivity contribution in [2.45, 2.75) is 31.2 Å². The molecule has 1 aliphatic rings. The molecule has 0 spiro atoms. The third kappa shape index (κ3) is 2.54. The molecular weight excluding hydrogens is 233 g/mol. The zero-order valence-electron chi connectivity index (χ0n) is 9.17. The second-order valence-electron chi connectivity index (χ2n) is 3.97. The monoisotopic (exact) mass is 246 g/mol. The van der Waals surface area contributed by atoms with Gasteiger partial charge in [-0.15, -0.1) is 0 Å². The maximum Gasteiger partial charge on any atom is 0.455 e. The summed E-state index contributed by atoms with van der Waals surface area (Å²) in [5.74, 6) is -2.31. The Labute approximate surface area is 97.3 Å². The summed E-state index contributed by atoms with van der Waals surface area (Å²) in [6, 6.07) is 7.95. The van der Waals surface area contributed by atoms with Gasteiger partial charge in [0, 0.05) is 6.42 Å². The third-order valence-corrected chi connectivity index (χ3v) is 2.69. The first-order valence-corrected chi connectivity index (χ1v) is 5.48. The normalized spacial score (nSPS) is 25.6. The molecule has 94 valence electrons. The predicted octanol–water partition coefficient (Wildman–Crippen LogP) is 3.52. The van der Waals surface area contributed by atoms with Crippen LogP contribution in [0.5, 0.6) is 5.75 Å². The highest BCUT2D eigenvalue weighted by molar-refractivity contribution is 5.22. The Morgan fingerprint density at radius 2 is 1.82 bits per heavy atom. The van der Waals surface area contributed by atoms with Crippen LogP contribution in [-0.2, 0) is 4.74 Å². The molecule has 2 rings (SSSR count). The summed E-state index contributed by atoms with van der Waals surface area (Å²) < 4.78 is 49.0.